The zero-order valence-corrected chi connectivity index (χ0v) is 14.6. The van der Waals surface area contributed by atoms with E-state index in [1.54, 1.807) is 30.5 Å². The van der Waals surface area contributed by atoms with Crippen molar-refractivity contribution in [2.45, 2.75) is 37.6 Å². The molecule has 0 radical (unpaired) electrons. The largest absolute Gasteiger partial charge is 0.460 e. The van der Waals surface area contributed by atoms with Crippen LogP contribution in [0.3, 0.4) is 0 Å². The average Bonchev–Trinajstić information content (AvgIpc) is 2.63. The Labute approximate surface area is 154 Å². The Morgan fingerprint density at radius 3 is 2.81 bits per heavy atom. The van der Waals surface area contributed by atoms with E-state index in [0.717, 1.165) is 0 Å². The lowest BCUT2D eigenvalue weighted by atomic mass is 9.97. The molecule has 1 aromatic carbocycles. The van der Waals surface area contributed by atoms with Crippen molar-refractivity contribution in [1.29, 1.82) is 0 Å². The van der Waals surface area contributed by atoms with E-state index in [2.05, 4.69) is 10.3 Å². The molecule has 140 valence electrons. The topological polar surface area (TPSA) is 121 Å². The predicted octanol–water partition coefficient (Wildman–Crippen LogP) is 0.211. The van der Waals surface area contributed by atoms with Crippen LogP contribution >= 0.6 is 11.6 Å². The first-order chi connectivity index (χ1) is 12.4. The van der Waals surface area contributed by atoms with Crippen molar-refractivity contribution >= 4 is 28.4 Å². The van der Waals surface area contributed by atoms with Crippen molar-refractivity contribution in [3.05, 3.63) is 35.5 Å². The fraction of sp³-hybridized carbons (Fsp3) is 0.412. The van der Waals surface area contributed by atoms with Gasteiger partial charge in [0.1, 0.15) is 35.6 Å². The summed E-state index contributed by atoms with van der Waals surface area (Å²) in [6.07, 6.45) is -3.40. The molecule has 1 saturated heterocycles. The molecule has 4 N–H and O–H groups in total. The lowest BCUT2D eigenvalue weighted by Crippen LogP contribution is -2.65. The quantitative estimate of drug-likeness (QED) is 0.596. The van der Waals surface area contributed by atoms with Gasteiger partial charge in [0.15, 0.2) is 0 Å². The number of benzene rings is 1. The van der Waals surface area contributed by atoms with E-state index >= 15 is 0 Å². The first-order valence-electron chi connectivity index (χ1n) is 8.02. The maximum absolute atomic E-state index is 11.5. The van der Waals surface area contributed by atoms with Gasteiger partial charge in [-0.15, -0.1) is 0 Å². The number of ether oxygens (including phenoxy) is 2. The molecule has 0 bridgehead atoms. The van der Waals surface area contributed by atoms with E-state index in [1.165, 1.54) is 6.92 Å². The van der Waals surface area contributed by atoms with Crippen molar-refractivity contribution in [3.8, 4) is 5.75 Å². The van der Waals surface area contributed by atoms with Crippen molar-refractivity contribution in [1.82, 2.24) is 10.3 Å². The Morgan fingerprint density at radius 1 is 1.35 bits per heavy atom. The number of carbonyl (C=O) groups is 1. The Bertz CT molecular complexity index is 804. The lowest BCUT2D eigenvalue weighted by molar-refractivity contribution is -0.244. The molecule has 0 aliphatic carbocycles. The third-order valence-electron chi connectivity index (χ3n) is 4.17. The highest BCUT2D eigenvalue weighted by atomic mass is 35.5. The lowest BCUT2D eigenvalue weighted by Gasteiger charge is -2.42. The second-order valence-electron chi connectivity index (χ2n) is 6.00. The van der Waals surface area contributed by atoms with E-state index in [-0.39, 0.29) is 0 Å². The maximum atomic E-state index is 11.5. The molecule has 2 heterocycles. The smallest absolute Gasteiger partial charge is 0.223 e. The van der Waals surface area contributed by atoms with Gasteiger partial charge in [-0.2, -0.15) is 0 Å². The second kappa shape index (κ2) is 7.73. The van der Waals surface area contributed by atoms with Crippen LogP contribution in [0.4, 0.5) is 0 Å². The average molecular weight is 383 g/mol. The van der Waals surface area contributed by atoms with Gasteiger partial charge in [-0.3, -0.25) is 9.78 Å². The molecular weight excluding hydrogens is 364 g/mol. The molecular formula is C17H19ClN2O6. The molecule has 1 aromatic heterocycles. The summed E-state index contributed by atoms with van der Waals surface area (Å²) in [5, 5.41) is 33.4. The summed E-state index contributed by atoms with van der Waals surface area (Å²) < 4.78 is 11.4. The number of aliphatic hydroxyl groups excluding tert-OH is 3. The molecule has 1 fully saturated rings. The van der Waals surface area contributed by atoms with E-state index < -0.39 is 43.2 Å². The van der Waals surface area contributed by atoms with Crippen LogP contribution in [0.25, 0.3) is 10.9 Å². The van der Waals surface area contributed by atoms with E-state index in [4.69, 9.17) is 21.1 Å². The molecule has 0 saturated carbocycles. The number of hydrogen-bond donors (Lipinski definition) is 4. The standard InChI is InChI=1S/C17H19ClN2O6/c1-8(22)20-14-16(24)15(23)12(7-21)26-17(14)25-11-5-4-10(18)9-3-2-6-19-13(9)11/h2-6,12,14-17,21,23-24H,7H2,1H3,(H,20,22). The summed E-state index contributed by atoms with van der Waals surface area (Å²) >= 11 is 6.17. The Hall–Kier alpha value is -1.97. The maximum Gasteiger partial charge on any atom is 0.223 e. The first-order valence-corrected chi connectivity index (χ1v) is 8.39. The number of fused-ring (bicyclic) bond motifs is 1. The highest BCUT2D eigenvalue weighted by molar-refractivity contribution is 6.35. The molecule has 8 nitrogen and oxygen atoms in total. The third-order valence-corrected chi connectivity index (χ3v) is 4.50. The molecule has 9 heteroatoms. The number of amides is 1. The van der Waals surface area contributed by atoms with E-state index in [0.29, 0.717) is 21.7 Å². The molecule has 1 aliphatic heterocycles. The van der Waals surface area contributed by atoms with Gasteiger partial charge in [0.25, 0.3) is 0 Å². The number of nitrogens with zero attached hydrogens (tertiary/aromatic N) is 1. The number of nitrogens with one attached hydrogen (secondary N) is 1. The van der Waals surface area contributed by atoms with Crippen LogP contribution in [-0.4, -0.2) is 63.5 Å². The molecule has 1 aliphatic rings. The number of aromatic nitrogens is 1. The number of halogens is 1. The number of hydrogen-bond acceptors (Lipinski definition) is 7. The van der Waals surface area contributed by atoms with Crippen LogP contribution in [0, 0.1) is 0 Å². The van der Waals surface area contributed by atoms with Crippen LogP contribution in [0.5, 0.6) is 5.75 Å². The molecule has 5 unspecified atom stereocenters. The van der Waals surface area contributed by atoms with Crippen molar-refractivity contribution < 1.29 is 29.6 Å². The zero-order chi connectivity index (χ0) is 18.8. The molecule has 2 aromatic rings. The van der Waals surface area contributed by atoms with Gasteiger partial charge in [-0.1, -0.05) is 11.6 Å². The van der Waals surface area contributed by atoms with Gasteiger partial charge < -0.3 is 30.1 Å². The Kier molecular flexibility index (Phi) is 5.59. The number of rotatable bonds is 4. The fourth-order valence-corrected chi connectivity index (χ4v) is 3.12. The number of aliphatic hydroxyl groups is 3. The van der Waals surface area contributed by atoms with Gasteiger partial charge in [-0.25, -0.2) is 0 Å². The summed E-state index contributed by atoms with van der Waals surface area (Å²) in [7, 11) is 0. The minimum atomic E-state index is -1.39. The minimum Gasteiger partial charge on any atom is -0.460 e. The third kappa shape index (κ3) is 3.60. The zero-order valence-electron chi connectivity index (χ0n) is 13.9. The fourth-order valence-electron chi connectivity index (χ4n) is 2.90. The van der Waals surface area contributed by atoms with E-state index in [1.807, 2.05) is 0 Å². The monoisotopic (exact) mass is 382 g/mol. The second-order valence-corrected chi connectivity index (χ2v) is 6.40. The highest BCUT2D eigenvalue weighted by Crippen LogP contribution is 2.32. The highest BCUT2D eigenvalue weighted by Gasteiger charge is 2.46. The van der Waals surface area contributed by atoms with Gasteiger partial charge in [-0.05, 0) is 24.3 Å². The first kappa shape index (κ1) is 18.8. The van der Waals surface area contributed by atoms with Crippen molar-refractivity contribution in [2.24, 2.45) is 0 Å². The summed E-state index contributed by atoms with van der Waals surface area (Å²) in [5.41, 5.74) is 0.478. The Balaban J connectivity index is 1.95. The summed E-state index contributed by atoms with van der Waals surface area (Å²) in [4.78, 5) is 15.7. The normalized spacial score (nSPS) is 28.7. The summed E-state index contributed by atoms with van der Waals surface area (Å²) in [6, 6.07) is 5.69. The van der Waals surface area contributed by atoms with Gasteiger partial charge in [0, 0.05) is 18.5 Å². The summed E-state index contributed by atoms with van der Waals surface area (Å²) in [6.45, 7) is 0.748. The van der Waals surface area contributed by atoms with Crippen LogP contribution in [0.1, 0.15) is 6.92 Å². The SMILES string of the molecule is CC(=O)NC1C(Oc2ccc(Cl)c3cccnc23)OC(CO)C(O)C1O. The van der Waals surface area contributed by atoms with Crippen LogP contribution in [0.2, 0.25) is 5.02 Å². The van der Waals surface area contributed by atoms with Gasteiger partial charge in [0.05, 0.1) is 11.6 Å². The number of pyridine rings is 1. The molecule has 5 atom stereocenters. The van der Waals surface area contributed by atoms with Crippen molar-refractivity contribution in [2.75, 3.05) is 6.61 Å². The van der Waals surface area contributed by atoms with E-state index in [9.17, 15) is 20.1 Å². The molecule has 1 amide bonds. The van der Waals surface area contributed by atoms with Gasteiger partial charge in [0.2, 0.25) is 12.2 Å². The molecule has 3 rings (SSSR count). The molecule has 26 heavy (non-hydrogen) atoms. The summed E-state index contributed by atoms with van der Waals surface area (Å²) in [5.74, 6) is -0.106. The van der Waals surface area contributed by atoms with Crippen LogP contribution < -0.4 is 10.1 Å². The molecule has 0 spiro atoms. The van der Waals surface area contributed by atoms with Crippen molar-refractivity contribution in [3.63, 3.8) is 0 Å². The van der Waals surface area contributed by atoms with Gasteiger partial charge >= 0.3 is 0 Å². The van der Waals surface area contributed by atoms with Crippen LogP contribution in [0.15, 0.2) is 30.5 Å². The van der Waals surface area contributed by atoms with Crippen LogP contribution in [-0.2, 0) is 9.53 Å². The number of carbonyl (C=O) groups excluding carboxylic acids is 1. The Morgan fingerprint density at radius 2 is 2.12 bits per heavy atom. The minimum absolute atomic E-state index is 0.325. The predicted molar refractivity (Wildman–Crippen MR) is 92.7 cm³/mol.